The summed E-state index contributed by atoms with van der Waals surface area (Å²) in [4.78, 5) is 18.8. The molecule has 0 bridgehead atoms. The molecule has 0 spiro atoms. The van der Waals surface area contributed by atoms with Crippen LogP contribution in [0.15, 0.2) is 48.5 Å². The van der Waals surface area contributed by atoms with Crippen LogP contribution in [0.3, 0.4) is 0 Å². The number of ether oxygens (including phenoxy) is 1. The molecule has 0 aliphatic heterocycles. The summed E-state index contributed by atoms with van der Waals surface area (Å²) in [6, 6.07) is 19.2. The topological polar surface area (TPSA) is 118 Å². The maximum Gasteiger partial charge on any atom is 0.179 e. The maximum absolute atomic E-state index is 9.57. The fourth-order valence-electron chi connectivity index (χ4n) is 4.24. The number of rotatable bonds is 2. The number of para-hydroxylation sites is 2. The Kier molecular flexibility index (Phi) is 3.82. The molecule has 6 rings (SSSR count). The van der Waals surface area contributed by atoms with E-state index in [0.29, 0.717) is 33.6 Å². The molecule has 0 aliphatic rings. The first-order chi connectivity index (χ1) is 16.1. The van der Waals surface area contributed by atoms with Crippen molar-refractivity contribution in [3.8, 4) is 23.6 Å². The number of imidazole rings is 1. The van der Waals surface area contributed by atoms with E-state index in [9.17, 15) is 10.5 Å². The summed E-state index contributed by atoms with van der Waals surface area (Å²) in [5, 5.41) is 19.8. The highest BCUT2D eigenvalue weighted by molar-refractivity contribution is 6.12. The predicted octanol–water partition coefficient (Wildman–Crippen LogP) is 3.83. The molecule has 0 saturated heterocycles. The van der Waals surface area contributed by atoms with Crippen LogP contribution in [-0.2, 0) is 0 Å². The molecule has 0 atom stereocenters. The van der Waals surface area contributed by atoms with Gasteiger partial charge in [-0.3, -0.25) is 8.97 Å². The average Bonchev–Trinajstić information content (AvgIpc) is 3.38. The lowest BCUT2D eigenvalue weighted by Gasteiger charge is -2.08. The summed E-state index contributed by atoms with van der Waals surface area (Å²) in [5.74, 6) is 1.45. The number of fused-ring (bicyclic) bond motifs is 7. The van der Waals surface area contributed by atoms with Gasteiger partial charge >= 0.3 is 0 Å². The van der Waals surface area contributed by atoms with Gasteiger partial charge in [-0.15, -0.1) is 0 Å². The number of hydrogen-bond acceptors (Lipinski definition) is 7. The summed E-state index contributed by atoms with van der Waals surface area (Å²) in [6.45, 7) is 1.92. The number of nitriles is 2. The number of hydrogen-bond donors (Lipinski definition) is 0. The Labute approximate surface area is 186 Å². The van der Waals surface area contributed by atoms with Crippen LogP contribution in [0.4, 0.5) is 0 Å². The van der Waals surface area contributed by atoms with E-state index in [0.717, 1.165) is 22.5 Å². The second-order valence-corrected chi connectivity index (χ2v) is 7.47. The summed E-state index contributed by atoms with van der Waals surface area (Å²) in [6.07, 6.45) is 0. The van der Waals surface area contributed by atoms with Gasteiger partial charge < -0.3 is 4.74 Å². The second-order valence-electron chi connectivity index (χ2n) is 7.47. The second kappa shape index (κ2) is 6.74. The minimum atomic E-state index is -0.0381. The normalized spacial score (nSPS) is 11.3. The van der Waals surface area contributed by atoms with Crippen LogP contribution in [0.2, 0.25) is 0 Å². The Hall–Kier alpha value is -5.02. The van der Waals surface area contributed by atoms with E-state index < -0.39 is 0 Å². The molecule has 0 aliphatic carbocycles. The number of methoxy groups -OCH3 is 1. The fraction of sp³-hybridized carbons (Fsp3) is 0.0833. The van der Waals surface area contributed by atoms with E-state index in [1.54, 1.807) is 7.11 Å². The molecule has 0 fully saturated rings. The highest BCUT2D eigenvalue weighted by Gasteiger charge is 2.24. The molecule has 6 aromatic rings. The van der Waals surface area contributed by atoms with Gasteiger partial charge in [0.2, 0.25) is 0 Å². The number of aromatic nitrogens is 6. The van der Waals surface area contributed by atoms with Crippen LogP contribution in [0.1, 0.15) is 17.2 Å². The first kappa shape index (κ1) is 18.7. The van der Waals surface area contributed by atoms with Crippen molar-refractivity contribution >= 4 is 38.9 Å². The molecular weight excluding hydrogens is 416 g/mol. The summed E-state index contributed by atoms with van der Waals surface area (Å²) < 4.78 is 9.11. The molecular formula is C24H14N8O. The minimum absolute atomic E-state index is 0.0337. The predicted molar refractivity (Wildman–Crippen MR) is 121 cm³/mol. The van der Waals surface area contributed by atoms with Crippen LogP contribution in [0.5, 0.6) is 5.75 Å². The molecule has 4 heterocycles. The quantitative estimate of drug-likeness (QED) is 0.410. The SMILES string of the molecule is COc1ccc(-n2c3nc(C#N)c(C#N)nc3c3c2nc(C)n2c4ccccc4nc32)cc1. The summed E-state index contributed by atoms with van der Waals surface area (Å²) in [5.41, 5.74) is 4.59. The minimum Gasteiger partial charge on any atom is -0.497 e. The Morgan fingerprint density at radius 3 is 2.27 bits per heavy atom. The zero-order valence-corrected chi connectivity index (χ0v) is 17.6. The van der Waals surface area contributed by atoms with Gasteiger partial charge in [0.1, 0.15) is 29.2 Å². The van der Waals surface area contributed by atoms with E-state index in [-0.39, 0.29) is 11.4 Å². The van der Waals surface area contributed by atoms with Gasteiger partial charge in [-0.2, -0.15) is 10.5 Å². The van der Waals surface area contributed by atoms with E-state index >= 15 is 0 Å². The third kappa shape index (κ3) is 2.51. The molecule has 0 saturated carbocycles. The van der Waals surface area contributed by atoms with Gasteiger partial charge in [0.15, 0.2) is 28.3 Å². The highest BCUT2D eigenvalue weighted by Crippen LogP contribution is 2.34. The first-order valence-electron chi connectivity index (χ1n) is 10.1. The lowest BCUT2D eigenvalue weighted by atomic mass is 10.3. The third-order valence-electron chi connectivity index (χ3n) is 5.68. The van der Waals surface area contributed by atoms with Crippen LogP contribution < -0.4 is 4.74 Å². The number of nitrogens with zero attached hydrogens (tertiary/aromatic N) is 8. The summed E-state index contributed by atoms with van der Waals surface area (Å²) in [7, 11) is 1.61. The molecule has 0 radical (unpaired) electrons. The van der Waals surface area contributed by atoms with Gasteiger partial charge in [0.25, 0.3) is 0 Å². The van der Waals surface area contributed by atoms with Gasteiger partial charge in [-0.05, 0) is 43.3 Å². The van der Waals surface area contributed by atoms with Gasteiger partial charge in [0.05, 0.1) is 23.5 Å². The van der Waals surface area contributed by atoms with E-state index in [4.69, 9.17) is 14.7 Å². The Balaban J connectivity index is 1.87. The lowest BCUT2D eigenvalue weighted by Crippen LogP contribution is -2.02. The maximum atomic E-state index is 9.57. The van der Waals surface area contributed by atoms with Crippen molar-refractivity contribution in [2.75, 3.05) is 7.11 Å². The van der Waals surface area contributed by atoms with Crippen LogP contribution >= 0.6 is 0 Å². The zero-order chi connectivity index (χ0) is 22.7. The number of aryl methyl sites for hydroxylation is 1. The largest absolute Gasteiger partial charge is 0.497 e. The molecule has 9 heteroatoms. The monoisotopic (exact) mass is 430 g/mol. The summed E-state index contributed by atoms with van der Waals surface area (Å²) >= 11 is 0. The molecule has 9 nitrogen and oxygen atoms in total. The fourth-order valence-corrected chi connectivity index (χ4v) is 4.24. The van der Waals surface area contributed by atoms with E-state index in [1.807, 2.05) is 76.6 Å². The lowest BCUT2D eigenvalue weighted by molar-refractivity contribution is 0.415. The molecule has 0 N–H and O–H groups in total. The van der Waals surface area contributed by atoms with Gasteiger partial charge in [-0.1, -0.05) is 12.1 Å². The van der Waals surface area contributed by atoms with Crippen LogP contribution in [0.25, 0.3) is 44.6 Å². The molecule has 2 aromatic carbocycles. The van der Waals surface area contributed by atoms with Crippen molar-refractivity contribution in [3.05, 3.63) is 65.7 Å². The van der Waals surface area contributed by atoms with Crippen molar-refractivity contribution < 1.29 is 4.74 Å². The average molecular weight is 430 g/mol. The Bertz CT molecular complexity index is 1830. The van der Waals surface area contributed by atoms with Crippen molar-refractivity contribution in [1.29, 1.82) is 10.5 Å². The van der Waals surface area contributed by atoms with Gasteiger partial charge in [0, 0.05) is 5.69 Å². The van der Waals surface area contributed by atoms with Crippen molar-refractivity contribution in [1.82, 2.24) is 28.9 Å². The van der Waals surface area contributed by atoms with Gasteiger partial charge in [-0.25, -0.2) is 19.9 Å². The molecule has 4 aromatic heterocycles. The zero-order valence-electron chi connectivity index (χ0n) is 17.6. The standard InChI is InChI=1S/C24H14N8O/c1-13-27-22-20(23-29-16-5-3-4-6-19(16)31(13)23)21-24(30-18(12-26)17(11-25)28-21)32(22)14-7-9-15(33-2)10-8-14/h3-10H,1-2H3. The van der Waals surface area contributed by atoms with Crippen molar-refractivity contribution in [2.45, 2.75) is 6.92 Å². The van der Waals surface area contributed by atoms with E-state index in [2.05, 4.69) is 9.97 Å². The number of benzene rings is 2. The highest BCUT2D eigenvalue weighted by atomic mass is 16.5. The Morgan fingerprint density at radius 2 is 1.55 bits per heavy atom. The smallest absolute Gasteiger partial charge is 0.179 e. The third-order valence-corrected chi connectivity index (χ3v) is 5.68. The molecule has 0 amide bonds. The first-order valence-corrected chi connectivity index (χ1v) is 10.1. The van der Waals surface area contributed by atoms with Crippen LogP contribution in [-0.4, -0.2) is 36.0 Å². The van der Waals surface area contributed by atoms with Crippen molar-refractivity contribution in [2.24, 2.45) is 0 Å². The van der Waals surface area contributed by atoms with E-state index in [1.165, 1.54) is 0 Å². The van der Waals surface area contributed by atoms with Crippen LogP contribution in [0, 0.1) is 29.6 Å². The molecule has 33 heavy (non-hydrogen) atoms. The Morgan fingerprint density at radius 1 is 0.818 bits per heavy atom. The molecule has 156 valence electrons. The van der Waals surface area contributed by atoms with Crippen molar-refractivity contribution in [3.63, 3.8) is 0 Å². The molecule has 0 unspecified atom stereocenters.